The summed E-state index contributed by atoms with van der Waals surface area (Å²) in [7, 11) is 1.88. The Morgan fingerprint density at radius 3 is 2.71 bits per heavy atom. The molecule has 1 aromatic rings. The first-order chi connectivity index (χ1) is 7.99. The Morgan fingerprint density at radius 2 is 2.18 bits per heavy atom. The molecule has 1 unspecified atom stereocenters. The predicted molar refractivity (Wildman–Crippen MR) is 68.1 cm³/mol. The molecule has 1 atom stereocenters. The Hall–Kier alpha value is -1.07. The van der Waals surface area contributed by atoms with E-state index >= 15 is 0 Å². The van der Waals surface area contributed by atoms with Gasteiger partial charge >= 0.3 is 0 Å². The lowest BCUT2D eigenvalue weighted by atomic mass is 10.2. The Bertz CT molecular complexity index is 336. The summed E-state index contributed by atoms with van der Waals surface area (Å²) in [6.45, 7) is 7.63. The highest BCUT2D eigenvalue weighted by Crippen LogP contribution is 2.10. The molecule has 1 rings (SSSR count). The highest BCUT2D eigenvalue weighted by Gasteiger charge is 2.07. The zero-order chi connectivity index (χ0) is 12.8. The van der Waals surface area contributed by atoms with Crippen molar-refractivity contribution in [3.8, 4) is 0 Å². The summed E-state index contributed by atoms with van der Waals surface area (Å²) >= 11 is 0. The van der Waals surface area contributed by atoms with Gasteiger partial charge in [0.2, 0.25) is 0 Å². The van der Waals surface area contributed by atoms with Crippen molar-refractivity contribution in [2.75, 3.05) is 25.1 Å². The van der Waals surface area contributed by atoms with Gasteiger partial charge in [-0.05, 0) is 12.8 Å². The number of hydrogen-bond donors (Lipinski definition) is 2. The van der Waals surface area contributed by atoms with Gasteiger partial charge in [0, 0.05) is 26.4 Å². The van der Waals surface area contributed by atoms with Crippen molar-refractivity contribution in [1.82, 2.24) is 9.78 Å². The Morgan fingerprint density at radius 1 is 1.47 bits per heavy atom. The molecule has 0 amide bonds. The second kappa shape index (κ2) is 6.61. The first kappa shape index (κ1) is 14.0. The third-order valence-corrected chi connectivity index (χ3v) is 2.30. The number of aliphatic hydroxyl groups is 1. The topological polar surface area (TPSA) is 59.3 Å². The van der Waals surface area contributed by atoms with E-state index in [4.69, 9.17) is 4.74 Å². The van der Waals surface area contributed by atoms with Crippen LogP contribution < -0.4 is 5.32 Å². The van der Waals surface area contributed by atoms with Crippen LogP contribution in [0.15, 0.2) is 6.20 Å². The van der Waals surface area contributed by atoms with Gasteiger partial charge in [0.25, 0.3) is 0 Å². The van der Waals surface area contributed by atoms with Crippen molar-refractivity contribution >= 4 is 5.69 Å². The van der Waals surface area contributed by atoms with Gasteiger partial charge in [0.15, 0.2) is 0 Å². The highest BCUT2D eigenvalue weighted by molar-refractivity contribution is 5.45. The van der Waals surface area contributed by atoms with E-state index in [0.717, 1.165) is 11.4 Å². The van der Waals surface area contributed by atoms with Crippen LogP contribution in [0.5, 0.6) is 0 Å². The second-order valence-electron chi connectivity index (χ2n) is 4.77. The van der Waals surface area contributed by atoms with Crippen LogP contribution in [0.4, 0.5) is 5.69 Å². The first-order valence-electron chi connectivity index (χ1n) is 5.99. The van der Waals surface area contributed by atoms with E-state index in [9.17, 15) is 5.11 Å². The quantitative estimate of drug-likeness (QED) is 0.752. The molecule has 0 radical (unpaired) electrons. The average Bonchev–Trinajstić information content (AvgIpc) is 2.54. The largest absolute Gasteiger partial charge is 0.389 e. The minimum absolute atomic E-state index is 0.366. The van der Waals surface area contributed by atoms with E-state index in [0.29, 0.717) is 25.7 Å². The summed E-state index contributed by atoms with van der Waals surface area (Å²) in [5.74, 6) is 0.496. The zero-order valence-corrected chi connectivity index (χ0v) is 11.1. The van der Waals surface area contributed by atoms with Gasteiger partial charge in [-0.25, -0.2) is 0 Å². The van der Waals surface area contributed by atoms with Crippen LogP contribution in [0.1, 0.15) is 19.5 Å². The van der Waals surface area contributed by atoms with Crippen LogP contribution in [0.25, 0.3) is 0 Å². The van der Waals surface area contributed by atoms with Crippen LogP contribution in [0.3, 0.4) is 0 Å². The van der Waals surface area contributed by atoms with Gasteiger partial charge < -0.3 is 15.2 Å². The van der Waals surface area contributed by atoms with Gasteiger partial charge in [0.05, 0.1) is 24.1 Å². The number of hydrogen-bond acceptors (Lipinski definition) is 4. The molecule has 2 N–H and O–H groups in total. The fourth-order valence-corrected chi connectivity index (χ4v) is 1.50. The molecule has 1 heterocycles. The van der Waals surface area contributed by atoms with Crippen molar-refractivity contribution in [3.63, 3.8) is 0 Å². The Labute approximate surface area is 103 Å². The molecule has 0 spiro atoms. The monoisotopic (exact) mass is 241 g/mol. The molecular weight excluding hydrogens is 218 g/mol. The predicted octanol–water partition coefficient (Wildman–Crippen LogP) is 1.17. The lowest BCUT2D eigenvalue weighted by Gasteiger charge is -2.13. The number of anilines is 1. The molecule has 0 fully saturated rings. The van der Waals surface area contributed by atoms with Crippen molar-refractivity contribution in [3.05, 3.63) is 11.9 Å². The van der Waals surface area contributed by atoms with Gasteiger partial charge in [-0.15, -0.1) is 0 Å². The standard InChI is InChI=1S/C12H23N3O2/c1-9(2)7-17-8-11(16)5-13-12-6-15(4)14-10(12)3/h6,9,11,13,16H,5,7-8H2,1-4H3. The van der Waals surface area contributed by atoms with Gasteiger partial charge in [-0.2, -0.15) is 5.10 Å². The molecule has 5 nitrogen and oxygen atoms in total. The maximum absolute atomic E-state index is 9.71. The first-order valence-corrected chi connectivity index (χ1v) is 5.99. The molecule has 0 aliphatic rings. The number of rotatable bonds is 7. The van der Waals surface area contributed by atoms with E-state index in [1.807, 2.05) is 20.2 Å². The lowest BCUT2D eigenvalue weighted by molar-refractivity contribution is 0.0318. The Kier molecular flexibility index (Phi) is 5.44. The van der Waals surface area contributed by atoms with Gasteiger partial charge in [0.1, 0.15) is 0 Å². The molecular formula is C12H23N3O2. The molecule has 0 aliphatic heterocycles. The lowest BCUT2D eigenvalue weighted by Crippen LogP contribution is -2.25. The number of aromatic nitrogens is 2. The Balaban J connectivity index is 2.23. The molecule has 0 aromatic carbocycles. The summed E-state index contributed by atoms with van der Waals surface area (Å²) in [5.41, 5.74) is 1.89. The summed E-state index contributed by atoms with van der Waals surface area (Å²) in [6.07, 6.45) is 1.41. The third-order valence-electron chi connectivity index (χ3n) is 2.30. The molecule has 1 aromatic heterocycles. The fourth-order valence-electron chi connectivity index (χ4n) is 1.50. The van der Waals surface area contributed by atoms with Crippen LogP contribution in [0, 0.1) is 12.8 Å². The maximum Gasteiger partial charge on any atom is 0.0945 e. The van der Waals surface area contributed by atoms with Crippen LogP contribution in [0.2, 0.25) is 0 Å². The van der Waals surface area contributed by atoms with E-state index in [1.165, 1.54) is 0 Å². The zero-order valence-electron chi connectivity index (χ0n) is 11.1. The SMILES string of the molecule is Cc1nn(C)cc1NCC(O)COCC(C)C. The summed E-state index contributed by atoms with van der Waals surface area (Å²) < 4.78 is 7.12. The normalized spacial score (nSPS) is 13.1. The molecule has 17 heavy (non-hydrogen) atoms. The number of aliphatic hydroxyl groups excluding tert-OH is 1. The molecule has 0 saturated carbocycles. The van der Waals surface area contributed by atoms with Crippen LogP contribution in [-0.2, 0) is 11.8 Å². The second-order valence-corrected chi connectivity index (χ2v) is 4.77. The van der Waals surface area contributed by atoms with Gasteiger partial charge in [-0.3, -0.25) is 4.68 Å². The summed E-state index contributed by atoms with van der Waals surface area (Å²) in [5, 5.41) is 17.1. The van der Waals surface area contributed by atoms with Crippen LogP contribution in [-0.4, -0.2) is 40.7 Å². The minimum Gasteiger partial charge on any atom is -0.389 e. The number of ether oxygens (including phenoxy) is 1. The maximum atomic E-state index is 9.71. The number of nitrogens with zero attached hydrogens (tertiary/aromatic N) is 2. The van der Waals surface area contributed by atoms with Crippen molar-refractivity contribution in [1.29, 1.82) is 0 Å². The fraction of sp³-hybridized carbons (Fsp3) is 0.750. The molecule has 5 heteroatoms. The van der Waals surface area contributed by atoms with E-state index < -0.39 is 6.10 Å². The molecule has 0 bridgehead atoms. The molecule has 0 aliphatic carbocycles. The summed E-state index contributed by atoms with van der Waals surface area (Å²) in [4.78, 5) is 0. The van der Waals surface area contributed by atoms with Crippen LogP contribution >= 0.6 is 0 Å². The average molecular weight is 241 g/mol. The summed E-state index contributed by atoms with van der Waals surface area (Å²) in [6, 6.07) is 0. The minimum atomic E-state index is -0.492. The molecule has 98 valence electrons. The smallest absolute Gasteiger partial charge is 0.0945 e. The van der Waals surface area contributed by atoms with E-state index in [1.54, 1.807) is 4.68 Å². The highest BCUT2D eigenvalue weighted by atomic mass is 16.5. The van der Waals surface area contributed by atoms with Gasteiger partial charge in [-0.1, -0.05) is 13.8 Å². The third kappa shape index (κ3) is 5.19. The van der Waals surface area contributed by atoms with Crippen molar-refractivity contribution < 1.29 is 9.84 Å². The van der Waals surface area contributed by atoms with Crippen molar-refractivity contribution in [2.45, 2.75) is 26.9 Å². The number of nitrogens with one attached hydrogen (secondary N) is 1. The van der Waals surface area contributed by atoms with E-state index in [2.05, 4.69) is 24.3 Å². The van der Waals surface area contributed by atoms with Crippen molar-refractivity contribution in [2.24, 2.45) is 13.0 Å². The van der Waals surface area contributed by atoms with E-state index in [-0.39, 0.29) is 0 Å². The molecule has 0 saturated heterocycles. The number of aryl methyl sites for hydroxylation is 2.